The molecule has 0 aromatic carbocycles. The molecule has 0 unspecified atom stereocenters. The summed E-state index contributed by atoms with van der Waals surface area (Å²) in [6.07, 6.45) is 7.27. The maximum absolute atomic E-state index is 12.3. The first-order valence-electron chi connectivity index (χ1n) is 8.38. The lowest BCUT2D eigenvalue weighted by Gasteiger charge is -2.29. The first kappa shape index (κ1) is 16.3. The van der Waals surface area contributed by atoms with Crippen molar-refractivity contribution in [2.75, 3.05) is 13.1 Å². The second-order valence-corrected chi connectivity index (χ2v) is 6.33. The molecule has 2 rings (SSSR count). The molecule has 1 heterocycles. The van der Waals surface area contributed by atoms with Gasteiger partial charge in [0.1, 0.15) is 6.04 Å². The van der Waals surface area contributed by atoms with Gasteiger partial charge in [0.2, 0.25) is 11.8 Å². The standard InChI is InChI=1S/C16H28N2O3/c1-2-13(18-10-6-9-15(18)20)16(21)17-11-14(19)12-7-4-3-5-8-12/h12-14,19H,2-11H2,1H3,(H,17,21)/t13-,14+/m1/s1. The first-order valence-corrected chi connectivity index (χ1v) is 8.38. The Hall–Kier alpha value is -1.10. The van der Waals surface area contributed by atoms with Crippen molar-refractivity contribution in [1.82, 2.24) is 10.2 Å². The molecular weight excluding hydrogens is 268 g/mol. The summed E-state index contributed by atoms with van der Waals surface area (Å²) in [6.45, 7) is 2.91. The molecule has 120 valence electrons. The number of hydrogen-bond acceptors (Lipinski definition) is 3. The van der Waals surface area contributed by atoms with Crippen LogP contribution in [0.3, 0.4) is 0 Å². The smallest absolute Gasteiger partial charge is 0.242 e. The van der Waals surface area contributed by atoms with Crippen LogP contribution >= 0.6 is 0 Å². The lowest BCUT2D eigenvalue weighted by Crippen LogP contribution is -2.49. The van der Waals surface area contributed by atoms with E-state index in [4.69, 9.17) is 0 Å². The Morgan fingerprint density at radius 1 is 1.33 bits per heavy atom. The SMILES string of the molecule is CC[C@H](C(=O)NC[C@H](O)C1CCCCC1)N1CCCC1=O. The van der Waals surface area contributed by atoms with Gasteiger partial charge < -0.3 is 15.3 Å². The third-order valence-electron chi connectivity index (χ3n) is 4.85. The highest BCUT2D eigenvalue weighted by molar-refractivity contribution is 5.88. The summed E-state index contributed by atoms with van der Waals surface area (Å²) in [7, 11) is 0. The van der Waals surface area contributed by atoms with E-state index in [2.05, 4.69) is 5.32 Å². The van der Waals surface area contributed by atoms with Crippen LogP contribution in [0.2, 0.25) is 0 Å². The zero-order valence-corrected chi connectivity index (χ0v) is 13.0. The largest absolute Gasteiger partial charge is 0.391 e. The lowest BCUT2D eigenvalue weighted by molar-refractivity contribution is -0.137. The van der Waals surface area contributed by atoms with Crippen molar-refractivity contribution in [3.8, 4) is 0 Å². The normalized spacial score (nSPS) is 23.1. The number of hydrogen-bond donors (Lipinski definition) is 2. The van der Waals surface area contributed by atoms with Gasteiger partial charge in [0.05, 0.1) is 6.10 Å². The molecule has 2 atom stereocenters. The molecule has 2 amide bonds. The van der Waals surface area contributed by atoms with Gasteiger partial charge in [-0.25, -0.2) is 0 Å². The summed E-state index contributed by atoms with van der Waals surface area (Å²) in [5.41, 5.74) is 0. The summed E-state index contributed by atoms with van der Waals surface area (Å²) in [6, 6.07) is -0.376. The molecule has 0 bridgehead atoms. The van der Waals surface area contributed by atoms with Crippen LogP contribution in [0.15, 0.2) is 0 Å². The van der Waals surface area contributed by atoms with E-state index in [1.807, 2.05) is 6.92 Å². The fourth-order valence-corrected chi connectivity index (χ4v) is 3.55. The number of carbonyl (C=O) groups excluding carboxylic acids is 2. The first-order chi connectivity index (χ1) is 10.1. The van der Waals surface area contributed by atoms with Crippen LogP contribution in [0.5, 0.6) is 0 Å². The summed E-state index contributed by atoms with van der Waals surface area (Å²) < 4.78 is 0. The van der Waals surface area contributed by atoms with Crippen molar-refractivity contribution in [2.24, 2.45) is 5.92 Å². The van der Waals surface area contributed by atoms with Crippen LogP contribution in [0.25, 0.3) is 0 Å². The van der Waals surface area contributed by atoms with E-state index in [0.29, 0.717) is 31.8 Å². The second-order valence-electron chi connectivity index (χ2n) is 6.33. The number of rotatable bonds is 6. The quantitative estimate of drug-likeness (QED) is 0.779. The summed E-state index contributed by atoms with van der Waals surface area (Å²) in [5.74, 6) is 0.264. The molecule has 0 radical (unpaired) electrons. The molecule has 1 aliphatic carbocycles. The van der Waals surface area contributed by atoms with E-state index in [-0.39, 0.29) is 17.9 Å². The molecule has 0 aromatic heterocycles. The molecule has 2 aliphatic rings. The number of aliphatic hydroxyl groups is 1. The van der Waals surface area contributed by atoms with Crippen LogP contribution in [0.1, 0.15) is 58.3 Å². The zero-order valence-electron chi connectivity index (χ0n) is 13.0. The van der Waals surface area contributed by atoms with E-state index in [0.717, 1.165) is 19.3 Å². The van der Waals surface area contributed by atoms with E-state index in [1.54, 1.807) is 4.90 Å². The fraction of sp³-hybridized carbons (Fsp3) is 0.875. The minimum absolute atomic E-state index is 0.0739. The Bertz CT molecular complexity index is 367. The molecule has 0 spiro atoms. The highest BCUT2D eigenvalue weighted by Crippen LogP contribution is 2.26. The highest BCUT2D eigenvalue weighted by Gasteiger charge is 2.32. The van der Waals surface area contributed by atoms with Gasteiger partial charge in [-0.15, -0.1) is 0 Å². The van der Waals surface area contributed by atoms with E-state index in [9.17, 15) is 14.7 Å². The maximum atomic E-state index is 12.3. The number of amides is 2. The minimum Gasteiger partial charge on any atom is -0.391 e. The third-order valence-corrected chi connectivity index (χ3v) is 4.85. The Morgan fingerprint density at radius 3 is 2.62 bits per heavy atom. The second kappa shape index (κ2) is 7.78. The summed E-state index contributed by atoms with van der Waals surface area (Å²) >= 11 is 0. The zero-order chi connectivity index (χ0) is 15.2. The van der Waals surface area contributed by atoms with Gasteiger partial charge in [-0.1, -0.05) is 26.2 Å². The van der Waals surface area contributed by atoms with Crippen molar-refractivity contribution in [1.29, 1.82) is 0 Å². The van der Waals surface area contributed by atoms with Crippen molar-refractivity contribution >= 4 is 11.8 Å². The van der Waals surface area contributed by atoms with E-state index < -0.39 is 6.10 Å². The monoisotopic (exact) mass is 296 g/mol. The van der Waals surface area contributed by atoms with Gasteiger partial charge in [-0.05, 0) is 31.6 Å². The van der Waals surface area contributed by atoms with E-state index >= 15 is 0 Å². The van der Waals surface area contributed by atoms with Crippen LogP contribution < -0.4 is 5.32 Å². The minimum atomic E-state index is -0.457. The molecule has 1 saturated carbocycles. The average molecular weight is 296 g/mol. The Balaban J connectivity index is 1.80. The Kier molecular flexibility index (Phi) is 6.03. The Morgan fingerprint density at radius 2 is 2.05 bits per heavy atom. The van der Waals surface area contributed by atoms with Gasteiger partial charge in [-0.2, -0.15) is 0 Å². The Labute approximate surface area is 127 Å². The molecule has 5 nitrogen and oxygen atoms in total. The van der Waals surface area contributed by atoms with E-state index in [1.165, 1.54) is 19.3 Å². The number of nitrogens with zero attached hydrogens (tertiary/aromatic N) is 1. The molecule has 0 aromatic rings. The third kappa shape index (κ3) is 4.19. The number of likely N-dealkylation sites (tertiary alicyclic amines) is 1. The van der Waals surface area contributed by atoms with Crippen LogP contribution in [0, 0.1) is 5.92 Å². The highest BCUT2D eigenvalue weighted by atomic mass is 16.3. The van der Waals surface area contributed by atoms with Gasteiger partial charge in [0, 0.05) is 19.5 Å². The lowest BCUT2D eigenvalue weighted by atomic mass is 9.85. The van der Waals surface area contributed by atoms with Gasteiger partial charge in [0.25, 0.3) is 0 Å². The summed E-state index contributed by atoms with van der Waals surface area (Å²) in [4.78, 5) is 25.7. The molecule has 1 aliphatic heterocycles. The van der Waals surface area contributed by atoms with Crippen LogP contribution in [-0.4, -0.2) is 47.1 Å². The topological polar surface area (TPSA) is 69.6 Å². The molecular formula is C16H28N2O3. The maximum Gasteiger partial charge on any atom is 0.242 e. The van der Waals surface area contributed by atoms with Crippen molar-refractivity contribution in [2.45, 2.75) is 70.4 Å². The van der Waals surface area contributed by atoms with Crippen LogP contribution in [-0.2, 0) is 9.59 Å². The van der Waals surface area contributed by atoms with Crippen molar-refractivity contribution in [3.63, 3.8) is 0 Å². The predicted octanol–water partition coefficient (Wildman–Crippen LogP) is 1.44. The molecule has 1 saturated heterocycles. The number of nitrogens with one attached hydrogen (secondary N) is 1. The van der Waals surface area contributed by atoms with Gasteiger partial charge in [-0.3, -0.25) is 9.59 Å². The van der Waals surface area contributed by atoms with Gasteiger partial charge >= 0.3 is 0 Å². The average Bonchev–Trinajstić information content (AvgIpc) is 2.92. The predicted molar refractivity (Wildman–Crippen MR) is 80.6 cm³/mol. The fourth-order valence-electron chi connectivity index (χ4n) is 3.55. The number of aliphatic hydroxyl groups excluding tert-OH is 1. The van der Waals surface area contributed by atoms with Crippen molar-refractivity contribution in [3.05, 3.63) is 0 Å². The van der Waals surface area contributed by atoms with Crippen LogP contribution in [0.4, 0.5) is 0 Å². The van der Waals surface area contributed by atoms with Gasteiger partial charge in [0.15, 0.2) is 0 Å². The molecule has 2 fully saturated rings. The van der Waals surface area contributed by atoms with Crippen molar-refractivity contribution < 1.29 is 14.7 Å². The molecule has 2 N–H and O–H groups in total. The molecule has 5 heteroatoms. The number of carbonyl (C=O) groups is 2. The molecule has 21 heavy (non-hydrogen) atoms. The summed E-state index contributed by atoms with van der Waals surface area (Å²) in [5, 5.41) is 13.0.